The lowest BCUT2D eigenvalue weighted by molar-refractivity contribution is -0.139. The fourth-order valence-electron chi connectivity index (χ4n) is 0.885. The molecule has 0 aliphatic rings. The number of nitrogens with two attached hydrogens (primary N) is 1. The number of hydrogen-bond donors (Lipinski definition) is 2. The van der Waals surface area contributed by atoms with Crippen LogP contribution in [0.25, 0.3) is 0 Å². The molecule has 88 valence electrons. The lowest BCUT2D eigenvalue weighted by atomic mass is 10.6. The van der Waals surface area contributed by atoms with Gasteiger partial charge in [0.15, 0.2) is 5.82 Å². The number of nitrogens with zero attached hydrogens (tertiary/aromatic N) is 2. The summed E-state index contributed by atoms with van der Waals surface area (Å²) in [7, 11) is 0. The molecule has 0 bridgehead atoms. The molecule has 16 heavy (non-hydrogen) atoms. The summed E-state index contributed by atoms with van der Waals surface area (Å²) in [5.41, 5.74) is 2.42. The topological polar surface area (TPSA) is 90.1 Å². The normalized spacial score (nSPS) is 9.94. The predicted octanol–water partition coefficient (Wildman–Crippen LogP) is 1.18. The van der Waals surface area contributed by atoms with Crippen LogP contribution >= 0.6 is 27.7 Å². The standard InChI is InChI=1S/C8H11BrN4O2S/c1-2-15-5(14)3-16-8-6(9)7(13-10)11-4-12-8/h4H,2-3,10H2,1H3,(H,11,12,13). The molecule has 0 aromatic carbocycles. The second-order valence-corrected chi connectivity index (χ2v) is 4.34. The van der Waals surface area contributed by atoms with Gasteiger partial charge < -0.3 is 10.2 Å². The van der Waals surface area contributed by atoms with E-state index in [2.05, 4.69) is 31.3 Å². The Labute approximate surface area is 105 Å². The number of nitrogens with one attached hydrogen (secondary N) is 1. The van der Waals surface area contributed by atoms with Gasteiger partial charge in [-0.1, -0.05) is 11.8 Å². The van der Waals surface area contributed by atoms with E-state index in [0.717, 1.165) is 0 Å². The van der Waals surface area contributed by atoms with Crippen molar-refractivity contribution in [2.75, 3.05) is 17.8 Å². The number of hydrogen-bond acceptors (Lipinski definition) is 7. The van der Waals surface area contributed by atoms with Crippen molar-refractivity contribution in [1.29, 1.82) is 0 Å². The van der Waals surface area contributed by atoms with Crippen LogP contribution in [-0.4, -0.2) is 28.3 Å². The van der Waals surface area contributed by atoms with E-state index in [1.54, 1.807) is 6.92 Å². The van der Waals surface area contributed by atoms with E-state index in [4.69, 9.17) is 10.6 Å². The van der Waals surface area contributed by atoms with E-state index in [1.165, 1.54) is 18.1 Å². The Bertz CT molecular complexity index is 377. The highest BCUT2D eigenvalue weighted by molar-refractivity contribution is 9.10. The average molecular weight is 307 g/mol. The zero-order valence-electron chi connectivity index (χ0n) is 8.57. The molecule has 0 saturated heterocycles. The molecular formula is C8H11BrN4O2S. The molecule has 1 heterocycles. The Morgan fingerprint density at radius 2 is 2.44 bits per heavy atom. The predicted molar refractivity (Wildman–Crippen MR) is 64.9 cm³/mol. The minimum atomic E-state index is -0.278. The van der Waals surface area contributed by atoms with Crippen LogP contribution in [0.4, 0.5) is 5.82 Å². The first-order valence-electron chi connectivity index (χ1n) is 4.44. The van der Waals surface area contributed by atoms with E-state index < -0.39 is 0 Å². The quantitative estimate of drug-likeness (QED) is 0.277. The lowest BCUT2D eigenvalue weighted by Crippen LogP contribution is -2.10. The summed E-state index contributed by atoms with van der Waals surface area (Å²) >= 11 is 4.55. The molecule has 1 aromatic rings. The fourth-order valence-corrected chi connectivity index (χ4v) is 2.23. The molecule has 8 heteroatoms. The minimum Gasteiger partial charge on any atom is -0.465 e. The monoisotopic (exact) mass is 306 g/mol. The van der Waals surface area contributed by atoms with Gasteiger partial charge in [-0.2, -0.15) is 0 Å². The van der Waals surface area contributed by atoms with Gasteiger partial charge in [0, 0.05) is 0 Å². The number of aromatic nitrogens is 2. The van der Waals surface area contributed by atoms with Crippen LogP contribution in [0.1, 0.15) is 6.92 Å². The number of halogens is 1. The van der Waals surface area contributed by atoms with Crippen molar-refractivity contribution in [3.8, 4) is 0 Å². The van der Waals surface area contributed by atoms with Gasteiger partial charge in [-0.3, -0.25) is 4.79 Å². The molecule has 0 radical (unpaired) electrons. The first-order chi connectivity index (χ1) is 7.69. The summed E-state index contributed by atoms with van der Waals surface area (Å²) in [6, 6.07) is 0. The maximum atomic E-state index is 11.1. The number of ether oxygens (including phenoxy) is 1. The molecule has 0 atom stereocenters. The van der Waals surface area contributed by atoms with Crippen molar-refractivity contribution < 1.29 is 9.53 Å². The van der Waals surface area contributed by atoms with Gasteiger partial charge in [-0.05, 0) is 22.9 Å². The number of anilines is 1. The SMILES string of the molecule is CCOC(=O)CSc1ncnc(NN)c1Br. The average Bonchev–Trinajstić information content (AvgIpc) is 2.28. The molecule has 0 spiro atoms. The molecule has 6 nitrogen and oxygen atoms in total. The van der Waals surface area contributed by atoms with E-state index in [-0.39, 0.29) is 11.7 Å². The molecular weight excluding hydrogens is 296 g/mol. The van der Waals surface area contributed by atoms with E-state index in [9.17, 15) is 4.79 Å². The fraction of sp³-hybridized carbons (Fsp3) is 0.375. The van der Waals surface area contributed by atoms with Crippen LogP contribution < -0.4 is 11.3 Å². The first-order valence-corrected chi connectivity index (χ1v) is 6.22. The summed E-state index contributed by atoms with van der Waals surface area (Å²) in [5, 5.41) is 0.635. The Balaban J connectivity index is 2.63. The first kappa shape index (κ1) is 13.2. The highest BCUT2D eigenvalue weighted by Crippen LogP contribution is 2.29. The summed E-state index contributed by atoms with van der Waals surface area (Å²) in [6.45, 7) is 2.14. The molecule has 0 aliphatic carbocycles. The van der Waals surface area contributed by atoms with Crippen molar-refractivity contribution in [3.63, 3.8) is 0 Å². The molecule has 0 amide bonds. The molecule has 0 fully saturated rings. The van der Waals surface area contributed by atoms with Crippen molar-refractivity contribution in [3.05, 3.63) is 10.8 Å². The van der Waals surface area contributed by atoms with Gasteiger partial charge in [0.2, 0.25) is 0 Å². The largest absolute Gasteiger partial charge is 0.465 e. The third-order valence-corrected chi connectivity index (χ3v) is 3.50. The van der Waals surface area contributed by atoms with Crippen LogP contribution in [0.5, 0.6) is 0 Å². The molecule has 0 unspecified atom stereocenters. The van der Waals surface area contributed by atoms with Gasteiger partial charge in [-0.25, -0.2) is 15.8 Å². The smallest absolute Gasteiger partial charge is 0.316 e. The van der Waals surface area contributed by atoms with Crippen LogP contribution in [-0.2, 0) is 9.53 Å². The highest BCUT2D eigenvalue weighted by Gasteiger charge is 2.10. The summed E-state index contributed by atoms with van der Waals surface area (Å²) in [5.74, 6) is 5.65. The maximum Gasteiger partial charge on any atom is 0.316 e. The van der Waals surface area contributed by atoms with Gasteiger partial charge >= 0.3 is 5.97 Å². The Morgan fingerprint density at radius 1 is 1.69 bits per heavy atom. The zero-order chi connectivity index (χ0) is 12.0. The lowest BCUT2D eigenvalue weighted by Gasteiger charge is -2.06. The molecule has 0 saturated carbocycles. The number of thioether (sulfide) groups is 1. The second-order valence-electron chi connectivity index (χ2n) is 2.58. The van der Waals surface area contributed by atoms with Gasteiger partial charge in [0.1, 0.15) is 11.4 Å². The summed E-state index contributed by atoms with van der Waals surface area (Å²) in [4.78, 5) is 19.1. The molecule has 0 aliphatic heterocycles. The van der Waals surface area contributed by atoms with E-state index in [1.807, 2.05) is 0 Å². The zero-order valence-corrected chi connectivity index (χ0v) is 11.0. The molecule has 1 aromatic heterocycles. The van der Waals surface area contributed by atoms with Crippen molar-refractivity contribution >= 4 is 39.5 Å². The third kappa shape index (κ3) is 3.62. The summed E-state index contributed by atoms with van der Waals surface area (Å²) in [6.07, 6.45) is 1.37. The van der Waals surface area contributed by atoms with E-state index in [0.29, 0.717) is 21.9 Å². The molecule has 3 N–H and O–H groups in total. The van der Waals surface area contributed by atoms with Crippen molar-refractivity contribution in [1.82, 2.24) is 9.97 Å². The number of nitrogen functional groups attached to an aromatic ring is 1. The Hall–Kier alpha value is -0.860. The van der Waals surface area contributed by atoms with Crippen LogP contribution in [0.2, 0.25) is 0 Å². The third-order valence-electron chi connectivity index (χ3n) is 1.53. The Morgan fingerprint density at radius 3 is 3.06 bits per heavy atom. The van der Waals surface area contributed by atoms with Crippen LogP contribution in [0, 0.1) is 0 Å². The van der Waals surface area contributed by atoms with Crippen LogP contribution in [0.15, 0.2) is 15.8 Å². The van der Waals surface area contributed by atoms with Crippen molar-refractivity contribution in [2.24, 2.45) is 5.84 Å². The minimum absolute atomic E-state index is 0.202. The number of hydrazine groups is 1. The highest BCUT2D eigenvalue weighted by atomic mass is 79.9. The van der Waals surface area contributed by atoms with Crippen molar-refractivity contribution in [2.45, 2.75) is 11.9 Å². The number of carbonyl (C=O) groups excluding carboxylic acids is 1. The van der Waals surface area contributed by atoms with Crippen LogP contribution in [0.3, 0.4) is 0 Å². The number of esters is 1. The van der Waals surface area contributed by atoms with E-state index >= 15 is 0 Å². The number of carbonyl (C=O) groups is 1. The number of rotatable bonds is 5. The van der Waals surface area contributed by atoms with Gasteiger partial charge in [0.25, 0.3) is 0 Å². The van der Waals surface area contributed by atoms with Gasteiger partial charge in [-0.15, -0.1) is 0 Å². The maximum absolute atomic E-state index is 11.1. The Kier molecular flexibility index (Phi) is 5.50. The second kappa shape index (κ2) is 6.66. The molecule has 1 rings (SSSR count). The van der Waals surface area contributed by atoms with Gasteiger partial charge in [0.05, 0.1) is 16.8 Å². The summed E-state index contributed by atoms with van der Waals surface area (Å²) < 4.78 is 5.43.